The Morgan fingerprint density at radius 2 is 2.05 bits per heavy atom. The highest BCUT2D eigenvalue weighted by Gasteiger charge is 2.33. The third kappa shape index (κ3) is 2.95. The Hall–Kier alpha value is -0.670. The van der Waals surface area contributed by atoms with Crippen LogP contribution >= 0.6 is 34.5 Å². The summed E-state index contributed by atoms with van der Waals surface area (Å²) in [7, 11) is -3.58. The lowest BCUT2D eigenvalue weighted by Crippen LogP contribution is -2.38. The van der Waals surface area contributed by atoms with Crippen molar-refractivity contribution in [1.82, 2.24) is 19.5 Å². The maximum atomic E-state index is 12.6. The van der Waals surface area contributed by atoms with E-state index in [1.807, 2.05) is 0 Å². The fraction of sp³-hybridized carbons (Fsp3) is 0.455. The number of aromatic amines is 1. The number of piperidine rings is 1. The van der Waals surface area contributed by atoms with Crippen LogP contribution in [0.5, 0.6) is 0 Å². The molecule has 1 aliphatic heterocycles. The summed E-state index contributed by atoms with van der Waals surface area (Å²) in [6.45, 7) is 0.856. The van der Waals surface area contributed by atoms with E-state index in [1.165, 1.54) is 16.7 Å². The quantitative estimate of drug-likeness (QED) is 0.905. The van der Waals surface area contributed by atoms with E-state index in [1.54, 1.807) is 0 Å². The van der Waals surface area contributed by atoms with Gasteiger partial charge < -0.3 is 0 Å². The number of rotatable bonds is 3. The molecule has 0 aliphatic carbocycles. The molecule has 6 nitrogen and oxygen atoms in total. The van der Waals surface area contributed by atoms with E-state index >= 15 is 0 Å². The van der Waals surface area contributed by atoms with Crippen molar-refractivity contribution >= 4 is 44.6 Å². The third-order valence-corrected chi connectivity index (χ3v) is 7.17. The minimum atomic E-state index is -3.58. The van der Waals surface area contributed by atoms with Crippen LogP contribution in [0.2, 0.25) is 8.67 Å². The predicted octanol–water partition coefficient (Wildman–Crippen LogP) is 2.74. The number of nitrogens with one attached hydrogen (secondary N) is 1. The molecule has 0 amide bonds. The molecular weight excluding hydrogens is 355 g/mol. The van der Waals surface area contributed by atoms with Gasteiger partial charge in [0.25, 0.3) is 0 Å². The molecule has 0 unspecified atom stereocenters. The van der Waals surface area contributed by atoms with Crippen LogP contribution in [0, 0.1) is 0 Å². The van der Waals surface area contributed by atoms with Crippen molar-refractivity contribution in [2.45, 2.75) is 23.7 Å². The van der Waals surface area contributed by atoms with Crippen LogP contribution in [0.15, 0.2) is 17.3 Å². The molecule has 0 bridgehead atoms. The maximum Gasteiger partial charge on any atom is 0.245 e. The van der Waals surface area contributed by atoms with Gasteiger partial charge in [0.2, 0.25) is 10.0 Å². The topological polar surface area (TPSA) is 79.0 Å². The van der Waals surface area contributed by atoms with E-state index in [9.17, 15) is 8.42 Å². The second-order valence-corrected chi connectivity index (χ2v) is 8.93. The molecule has 1 N–H and O–H groups in total. The lowest BCUT2D eigenvalue weighted by Gasteiger charge is -2.29. The number of nitrogens with zero attached hydrogens (tertiary/aromatic N) is 3. The van der Waals surface area contributed by atoms with Gasteiger partial charge in [0, 0.05) is 19.0 Å². The van der Waals surface area contributed by atoms with E-state index in [0.29, 0.717) is 30.3 Å². The number of thiophene rings is 1. The molecule has 0 aromatic carbocycles. The Morgan fingerprint density at radius 1 is 1.33 bits per heavy atom. The summed E-state index contributed by atoms with van der Waals surface area (Å²) in [6, 6.07) is 1.41. The van der Waals surface area contributed by atoms with Gasteiger partial charge in [-0.1, -0.05) is 23.2 Å². The molecule has 1 fully saturated rings. The standard InChI is InChI=1S/C11H12Cl2N4O2S2/c12-9-5-8(10(13)20-9)21(18,19)17-3-1-7(2-4-17)11-14-6-15-16-11/h5-7H,1-4H2,(H,14,15,16). The van der Waals surface area contributed by atoms with E-state index < -0.39 is 10.0 Å². The van der Waals surface area contributed by atoms with E-state index in [-0.39, 0.29) is 15.1 Å². The number of hydrogen-bond acceptors (Lipinski definition) is 5. The molecule has 2 aromatic heterocycles. The van der Waals surface area contributed by atoms with Crippen LogP contribution in [0.4, 0.5) is 0 Å². The summed E-state index contributed by atoms with van der Waals surface area (Å²) in [4.78, 5) is 4.23. The summed E-state index contributed by atoms with van der Waals surface area (Å²) in [5.41, 5.74) is 0. The van der Waals surface area contributed by atoms with Crippen molar-refractivity contribution in [3.8, 4) is 0 Å². The lowest BCUT2D eigenvalue weighted by atomic mass is 9.98. The second-order valence-electron chi connectivity index (χ2n) is 4.74. The van der Waals surface area contributed by atoms with Gasteiger partial charge in [-0.3, -0.25) is 5.10 Å². The summed E-state index contributed by atoms with van der Waals surface area (Å²) in [5.74, 6) is 1.02. The smallest absolute Gasteiger partial charge is 0.245 e. The average Bonchev–Trinajstić information content (AvgIpc) is 3.09. The fourth-order valence-electron chi connectivity index (χ4n) is 2.42. The van der Waals surface area contributed by atoms with Crippen molar-refractivity contribution in [2.75, 3.05) is 13.1 Å². The third-order valence-electron chi connectivity index (χ3n) is 3.52. The summed E-state index contributed by atoms with van der Waals surface area (Å²) in [6.07, 6.45) is 2.86. The molecule has 21 heavy (non-hydrogen) atoms. The Morgan fingerprint density at radius 3 is 2.57 bits per heavy atom. The molecule has 0 atom stereocenters. The van der Waals surface area contributed by atoms with Gasteiger partial charge in [0.15, 0.2) is 0 Å². The Kier molecular flexibility index (Phi) is 4.24. The molecule has 10 heteroatoms. The first-order chi connectivity index (χ1) is 9.98. The van der Waals surface area contributed by atoms with Gasteiger partial charge in [-0.15, -0.1) is 11.3 Å². The summed E-state index contributed by atoms with van der Waals surface area (Å²) >= 11 is 12.9. The maximum absolute atomic E-state index is 12.6. The second kappa shape index (κ2) is 5.85. The number of aromatic nitrogens is 3. The minimum absolute atomic E-state index is 0.0947. The van der Waals surface area contributed by atoms with Crippen molar-refractivity contribution in [3.05, 3.63) is 26.9 Å². The van der Waals surface area contributed by atoms with E-state index in [4.69, 9.17) is 23.2 Å². The largest absolute Gasteiger partial charge is 0.263 e. The predicted molar refractivity (Wildman–Crippen MR) is 81.5 cm³/mol. The monoisotopic (exact) mass is 366 g/mol. The Bertz CT molecular complexity index is 721. The molecular formula is C11H12Cl2N4O2S2. The molecule has 1 saturated heterocycles. The highest BCUT2D eigenvalue weighted by Crippen LogP contribution is 2.37. The van der Waals surface area contributed by atoms with Gasteiger partial charge >= 0.3 is 0 Å². The Balaban J connectivity index is 1.76. The van der Waals surface area contributed by atoms with Gasteiger partial charge in [0.1, 0.15) is 21.4 Å². The zero-order valence-electron chi connectivity index (χ0n) is 10.8. The van der Waals surface area contributed by atoms with E-state index in [2.05, 4.69) is 15.2 Å². The molecule has 0 radical (unpaired) electrons. The van der Waals surface area contributed by atoms with Gasteiger partial charge in [-0.2, -0.15) is 9.40 Å². The van der Waals surface area contributed by atoms with Gasteiger partial charge in [-0.05, 0) is 18.9 Å². The zero-order valence-corrected chi connectivity index (χ0v) is 13.9. The highest BCUT2D eigenvalue weighted by atomic mass is 35.5. The fourth-order valence-corrected chi connectivity index (χ4v) is 6.00. The first-order valence-electron chi connectivity index (χ1n) is 6.28. The summed E-state index contributed by atoms with van der Waals surface area (Å²) in [5, 5.41) is 6.67. The van der Waals surface area contributed by atoms with Crippen LogP contribution < -0.4 is 0 Å². The van der Waals surface area contributed by atoms with Crippen LogP contribution in [0.1, 0.15) is 24.6 Å². The molecule has 3 heterocycles. The molecule has 2 aromatic rings. The first kappa shape index (κ1) is 15.2. The molecule has 3 rings (SSSR count). The van der Waals surface area contributed by atoms with Crippen molar-refractivity contribution in [2.24, 2.45) is 0 Å². The normalized spacial score (nSPS) is 18.2. The number of H-pyrrole nitrogens is 1. The molecule has 114 valence electrons. The molecule has 0 saturated carbocycles. The lowest BCUT2D eigenvalue weighted by molar-refractivity contribution is 0.314. The Labute approximate surface area is 136 Å². The number of sulfonamides is 1. The van der Waals surface area contributed by atoms with Gasteiger partial charge in [-0.25, -0.2) is 13.4 Å². The molecule has 0 spiro atoms. The van der Waals surface area contributed by atoms with Crippen molar-refractivity contribution in [3.63, 3.8) is 0 Å². The first-order valence-corrected chi connectivity index (χ1v) is 9.30. The van der Waals surface area contributed by atoms with Crippen LogP contribution in [-0.4, -0.2) is 41.0 Å². The van der Waals surface area contributed by atoms with E-state index in [0.717, 1.165) is 17.2 Å². The van der Waals surface area contributed by atoms with Crippen LogP contribution in [-0.2, 0) is 10.0 Å². The highest BCUT2D eigenvalue weighted by molar-refractivity contribution is 7.89. The molecule has 1 aliphatic rings. The number of hydrogen-bond donors (Lipinski definition) is 1. The van der Waals surface area contributed by atoms with Gasteiger partial charge in [0.05, 0.1) is 4.34 Å². The average molecular weight is 367 g/mol. The van der Waals surface area contributed by atoms with Crippen LogP contribution in [0.25, 0.3) is 0 Å². The minimum Gasteiger partial charge on any atom is -0.263 e. The zero-order chi connectivity index (χ0) is 15.0. The van der Waals surface area contributed by atoms with Crippen molar-refractivity contribution in [1.29, 1.82) is 0 Å². The van der Waals surface area contributed by atoms with Crippen molar-refractivity contribution < 1.29 is 8.42 Å². The SMILES string of the molecule is O=S(=O)(c1cc(Cl)sc1Cl)N1CCC(c2ncn[nH]2)CC1. The van der Waals surface area contributed by atoms with Crippen LogP contribution in [0.3, 0.4) is 0 Å². The summed E-state index contributed by atoms with van der Waals surface area (Å²) < 4.78 is 27.2. The number of halogens is 2.